The number of anilines is 1. The van der Waals surface area contributed by atoms with E-state index in [1.165, 1.54) is 0 Å². The number of hydrogen-bond acceptors (Lipinski definition) is 3. The molecule has 0 unspecified atom stereocenters. The maximum atomic E-state index is 4.23. The van der Waals surface area contributed by atoms with Gasteiger partial charge in [-0.05, 0) is 24.3 Å². The van der Waals surface area contributed by atoms with Crippen molar-refractivity contribution >= 4 is 18.4 Å². The molecule has 1 heterocycles. The number of nitrogens with zero attached hydrogens (tertiary/aromatic N) is 2. The van der Waals surface area contributed by atoms with Crippen molar-refractivity contribution in [2.75, 3.05) is 24.2 Å². The number of aromatic nitrogens is 1. The molecule has 12 heavy (non-hydrogen) atoms. The molecule has 0 radical (unpaired) electrons. The third kappa shape index (κ3) is 2.74. The van der Waals surface area contributed by atoms with Crippen molar-refractivity contribution in [1.82, 2.24) is 4.98 Å². The number of hydrogen-bond donors (Lipinski definition) is 1. The van der Waals surface area contributed by atoms with Crippen LogP contribution in [-0.4, -0.2) is 24.3 Å². The summed E-state index contributed by atoms with van der Waals surface area (Å²) >= 11 is 4.16. The summed E-state index contributed by atoms with van der Waals surface area (Å²) in [6.45, 7) is 1.01. The molecule has 0 saturated heterocycles. The summed E-state index contributed by atoms with van der Waals surface area (Å²) in [6.07, 6.45) is 2.91. The lowest BCUT2D eigenvalue weighted by Crippen LogP contribution is -2.19. The Balaban J connectivity index is 2.48. The standard InChI is InChI=1S/C9H14N2S/c1-11(7-4-8-12)9-5-2-3-6-10-9/h2-3,5-6,12H,4,7-8H2,1H3. The van der Waals surface area contributed by atoms with Crippen LogP contribution in [0.2, 0.25) is 0 Å². The highest BCUT2D eigenvalue weighted by molar-refractivity contribution is 7.80. The van der Waals surface area contributed by atoms with Crippen LogP contribution in [0.15, 0.2) is 24.4 Å². The Labute approximate surface area is 79.0 Å². The van der Waals surface area contributed by atoms with Gasteiger partial charge in [0.1, 0.15) is 5.82 Å². The van der Waals surface area contributed by atoms with Crippen LogP contribution < -0.4 is 4.90 Å². The first-order valence-electron chi connectivity index (χ1n) is 4.07. The molecule has 1 aromatic heterocycles. The molecule has 0 amide bonds. The fourth-order valence-electron chi connectivity index (χ4n) is 1.00. The van der Waals surface area contributed by atoms with Gasteiger partial charge >= 0.3 is 0 Å². The van der Waals surface area contributed by atoms with E-state index in [0.717, 1.165) is 24.5 Å². The average Bonchev–Trinajstić information content (AvgIpc) is 2.15. The topological polar surface area (TPSA) is 16.1 Å². The van der Waals surface area contributed by atoms with Crippen LogP contribution in [0, 0.1) is 0 Å². The summed E-state index contributed by atoms with van der Waals surface area (Å²) in [7, 11) is 2.05. The van der Waals surface area contributed by atoms with Gasteiger partial charge < -0.3 is 4.90 Å². The minimum absolute atomic E-state index is 0.928. The molecule has 0 aromatic carbocycles. The van der Waals surface area contributed by atoms with Gasteiger partial charge in [-0.3, -0.25) is 0 Å². The van der Waals surface area contributed by atoms with Gasteiger partial charge in [0, 0.05) is 19.8 Å². The lowest BCUT2D eigenvalue weighted by Gasteiger charge is -2.16. The van der Waals surface area contributed by atoms with Crippen LogP contribution in [0.1, 0.15) is 6.42 Å². The van der Waals surface area contributed by atoms with Crippen LogP contribution in [0.5, 0.6) is 0 Å². The molecular formula is C9H14N2S. The molecule has 0 atom stereocenters. The maximum absolute atomic E-state index is 4.23. The molecule has 0 fully saturated rings. The van der Waals surface area contributed by atoms with E-state index in [1.54, 1.807) is 0 Å². The van der Waals surface area contributed by atoms with Gasteiger partial charge in [-0.25, -0.2) is 4.98 Å². The summed E-state index contributed by atoms with van der Waals surface area (Å²) in [4.78, 5) is 6.37. The van der Waals surface area contributed by atoms with Crippen molar-refractivity contribution < 1.29 is 0 Å². The summed E-state index contributed by atoms with van der Waals surface area (Å²) in [6, 6.07) is 5.94. The van der Waals surface area contributed by atoms with Crippen LogP contribution in [-0.2, 0) is 0 Å². The minimum atomic E-state index is 0.928. The highest BCUT2D eigenvalue weighted by Gasteiger charge is 1.98. The van der Waals surface area contributed by atoms with Gasteiger partial charge in [0.05, 0.1) is 0 Å². The van der Waals surface area contributed by atoms with Crippen molar-refractivity contribution in [3.05, 3.63) is 24.4 Å². The van der Waals surface area contributed by atoms with E-state index < -0.39 is 0 Å². The lowest BCUT2D eigenvalue weighted by atomic mass is 10.4. The number of rotatable bonds is 4. The molecular weight excluding hydrogens is 168 g/mol. The fourth-order valence-corrected chi connectivity index (χ4v) is 1.14. The quantitative estimate of drug-likeness (QED) is 0.715. The summed E-state index contributed by atoms with van der Waals surface area (Å²) < 4.78 is 0. The fraction of sp³-hybridized carbons (Fsp3) is 0.444. The summed E-state index contributed by atoms with van der Waals surface area (Å²) in [5, 5.41) is 0. The Morgan fingerprint density at radius 2 is 2.33 bits per heavy atom. The Kier molecular flexibility index (Phi) is 3.94. The maximum Gasteiger partial charge on any atom is 0.128 e. The zero-order valence-electron chi connectivity index (χ0n) is 7.27. The van der Waals surface area contributed by atoms with Gasteiger partial charge in [-0.15, -0.1) is 0 Å². The van der Waals surface area contributed by atoms with E-state index in [2.05, 4.69) is 22.5 Å². The van der Waals surface area contributed by atoms with Crippen LogP contribution in [0.3, 0.4) is 0 Å². The second-order valence-electron chi connectivity index (χ2n) is 2.69. The van der Waals surface area contributed by atoms with Crippen LogP contribution >= 0.6 is 12.6 Å². The molecule has 0 aliphatic heterocycles. The second-order valence-corrected chi connectivity index (χ2v) is 3.13. The van der Waals surface area contributed by atoms with Gasteiger partial charge in [-0.2, -0.15) is 12.6 Å². The average molecular weight is 182 g/mol. The normalized spacial score (nSPS) is 9.83. The van der Waals surface area contributed by atoms with Gasteiger partial charge in [0.25, 0.3) is 0 Å². The molecule has 0 aliphatic carbocycles. The molecule has 0 spiro atoms. The third-order valence-corrected chi connectivity index (χ3v) is 2.01. The van der Waals surface area contributed by atoms with Gasteiger partial charge in [0.15, 0.2) is 0 Å². The van der Waals surface area contributed by atoms with E-state index in [1.807, 2.05) is 31.4 Å². The first-order valence-corrected chi connectivity index (χ1v) is 4.71. The molecule has 1 aromatic rings. The predicted octanol–water partition coefficient (Wildman–Crippen LogP) is 1.84. The van der Waals surface area contributed by atoms with Gasteiger partial charge in [-0.1, -0.05) is 6.07 Å². The molecule has 0 N–H and O–H groups in total. The zero-order chi connectivity index (χ0) is 8.81. The first-order chi connectivity index (χ1) is 5.84. The second kappa shape index (κ2) is 5.04. The lowest BCUT2D eigenvalue weighted by molar-refractivity contribution is 0.846. The van der Waals surface area contributed by atoms with Gasteiger partial charge in [0.2, 0.25) is 0 Å². The molecule has 66 valence electrons. The van der Waals surface area contributed by atoms with E-state index >= 15 is 0 Å². The molecule has 3 heteroatoms. The highest BCUT2D eigenvalue weighted by Crippen LogP contribution is 2.06. The molecule has 0 aliphatic rings. The van der Waals surface area contributed by atoms with E-state index in [-0.39, 0.29) is 0 Å². The largest absolute Gasteiger partial charge is 0.360 e. The molecule has 1 rings (SSSR count). The van der Waals surface area contributed by atoms with Crippen LogP contribution in [0.4, 0.5) is 5.82 Å². The number of thiol groups is 1. The first kappa shape index (κ1) is 9.39. The monoisotopic (exact) mass is 182 g/mol. The highest BCUT2D eigenvalue weighted by atomic mass is 32.1. The van der Waals surface area contributed by atoms with Crippen molar-refractivity contribution in [2.24, 2.45) is 0 Å². The molecule has 2 nitrogen and oxygen atoms in total. The van der Waals surface area contributed by atoms with E-state index in [0.29, 0.717) is 0 Å². The van der Waals surface area contributed by atoms with E-state index in [9.17, 15) is 0 Å². The Morgan fingerprint density at radius 3 is 2.92 bits per heavy atom. The smallest absolute Gasteiger partial charge is 0.128 e. The van der Waals surface area contributed by atoms with Crippen LogP contribution in [0.25, 0.3) is 0 Å². The SMILES string of the molecule is CN(CCCS)c1ccccn1. The Morgan fingerprint density at radius 1 is 1.50 bits per heavy atom. The number of pyridine rings is 1. The minimum Gasteiger partial charge on any atom is -0.360 e. The molecule has 0 saturated carbocycles. The van der Waals surface area contributed by atoms with Crippen molar-refractivity contribution in [1.29, 1.82) is 0 Å². The third-order valence-electron chi connectivity index (χ3n) is 1.69. The van der Waals surface area contributed by atoms with Crippen molar-refractivity contribution in [3.8, 4) is 0 Å². The van der Waals surface area contributed by atoms with Crippen molar-refractivity contribution in [2.45, 2.75) is 6.42 Å². The van der Waals surface area contributed by atoms with Crippen molar-refractivity contribution in [3.63, 3.8) is 0 Å². The summed E-state index contributed by atoms with van der Waals surface area (Å²) in [5.41, 5.74) is 0. The summed E-state index contributed by atoms with van der Waals surface area (Å²) in [5.74, 6) is 1.95. The molecule has 0 bridgehead atoms. The zero-order valence-corrected chi connectivity index (χ0v) is 8.17. The Bertz CT molecular complexity index is 213. The van der Waals surface area contributed by atoms with E-state index in [4.69, 9.17) is 0 Å². The Hall–Kier alpha value is -0.700. The predicted molar refractivity (Wildman–Crippen MR) is 56.0 cm³/mol.